The molecule has 0 unspecified atom stereocenters. The van der Waals surface area contributed by atoms with Crippen LogP contribution in [-0.4, -0.2) is 71.4 Å². The van der Waals surface area contributed by atoms with Crippen LogP contribution in [0.15, 0.2) is 42.6 Å². The maximum absolute atomic E-state index is 13.2. The molecule has 0 spiro atoms. The van der Waals surface area contributed by atoms with Gasteiger partial charge in [0.05, 0.1) is 35.5 Å². The molecule has 2 aliphatic heterocycles. The summed E-state index contributed by atoms with van der Waals surface area (Å²) in [5.74, 6) is 1.58. The van der Waals surface area contributed by atoms with Gasteiger partial charge in [0.1, 0.15) is 11.4 Å². The van der Waals surface area contributed by atoms with Crippen molar-refractivity contribution in [3.05, 3.63) is 64.8 Å². The summed E-state index contributed by atoms with van der Waals surface area (Å²) >= 11 is 0. The number of ether oxygens (including phenoxy) is 4. The van der Waals surface area contributed by atoms with Gasteiger partial charge in [0.15, 0.2) is 0 Å². The van der Waals surface area contributed by atoms with Gasteiger partial charge in [-0.05, 0) is 107 Å². The van der Waals surface area contributed by atoms with E-state index in [0.717, 1.165) is 78.8 Å². The highest BCUT2D eigenvalue weighted by molar-refractivity contribution is 6.15. The third-order valence-electron chi connectivity index (χ3n) is 8.97. The fourth-order valence-corrected chi connectivity index (χ4v) is 7.41. The lowest BCUT2D eigenvalue weighted by Gasteiger charge is -2.50. The van der Waals surface area contributed by atoms with Crippen LogP contribution in [0.1, 0.15) is 73.5 Å². The number of nitrogens with zero attached hydrogens (tertiary/aromatic N) is 2. The number of hydrogen-bond donors (Lipinski definition) is 0. The second-order valence-electron chi connectivity index (χ2n) is 12.9. The molecule has 3 radical (unpaired) electrons. The maximum Gasteiger partial charge on any atom is 0.419 e. The van der Waals surface area contributed by atoms with E-state index >= 15 is 0 Å². The average molecular weight is 604 g/mol. The van der Waals surface area contributed by atoms with Gasteiger partial charge in [0.25, 0.3) is 0 Å². The van der Waals surface area contributed by atoms with Crippen molar-refractivity contribution in [2.24, 2.45) is 11.8 Å². The molecule has 3 aromatic rings. The molecule has 9 heteroatoms. The van der Waals surface area contributed by atoms with Gasteiger partial charge < -0.3 is 18.9 Å². The minimum absolute atomic E-state index is 0.351. The number of carbonyl (C=O) groups excluding carboxylic acids is 2. The van der Waals surface area contributed by atoms with Gasteiger partial charge in [0.2, 0.25) is 0 Å². The molecular formula is C34H43N2O6Si. The highest BCUT2D eigenvalue weighted by Crippen LogP contribution is 2.45. The molecule has 0 saturated carbocycles. The predicted octanol–water partition coefficient (Wildman–Crippen LogP) is 6.19. The maximum atomic E-state index is 13.2. The Morgan fingerprint density at radius 1 is 1.05 bits per heavy atom. The van der Waals surface area contributed by atoms with E-state index in [2.05, 4.69) is 15.1 Å². The Hall–Kier alpha value is -3.14. The van der Waals surface area contributed by atoms with Crippen molar-refractivity contribution >= 4 is 33.2 Å². The summed E-state index contributed by atoms with van der Waals surface area (Å²) in [7, 11) is 7.42. The lowest BCUT2D eigenvalue weighted by molar-refractivity contribution is 0.00230. The molecule has 0 aliphatic carbocycles. The first-order chi connectivity index (χ1) is 20.4. The van der Waals surface area contributed by atoms with Crippen molar-refractivity contribution in [1.82, 2.24) is 9.47 Å². The molecule has 0 amide bonds. The quantitative estimate of drug-likeness (QED) is 0.246. The largest absolute Gasteiger partial charge is 0.496 e. The van der Waals surface area contributed by atoms with Crippen molar-refractivity contribution in [1.29, 1.82) is 0 Å². The summed E-state index contributed by atoms with van der Waals surface area (Å²) in [5, 5.41) is 0.482. The predicted molar refractivity (Wildman–Crippen MR) is 167 cm³/mol. The first-order valence-corrected chi connectivity index (χ1v) is 15.6. The van der Waals surface area contributed by atoms with Crippen LogP contribution in [-0.2, 0) is 25.9 Å². The van der Waals surface area contributed by atoms with Crippen LogP contribution in [0.3, 0.4) is 0 Å². The SMILES string of the molecule is COC(=O)c1ccc([C@@]2([Si])C[C@H](C3CCOCC3)CCN2Cc2c(OC)cc(C)c3c2ccn3C(=O)OC(C)(C)C)cc1. The number of esters is 1. The lowest BCUT2D eigenvalue weighted by Crippen LogP contribution is -2.53. The number of hydrogen-bond acceptors (Lipinski definition) is 7. The van der Waals surface area contributed by atoms with Gasteiger partial charge in [-0.1, -0.05) is 12.1 Å². The molecule has 8 nitrogen and oxygen atoms in total. The van der Waals surface area contributed by atoms with Gasteiger partial charge in [-0.2, -0.15) is 0 Å². The zero-order valence-electron chi connectivity index (χ0n) is 26.2. The minimum Gasteiger partial charge on any atom is -0.496 e. The van der Waals surface area contributed by atoms with Crippen molar-refractivity contribution in [3.63, 3.8) is 0 Å². The number of aryl methyl sites for hydroxylation is 1. The molecule has 0 bridgehead atoms. The van der Waals surface area contributed by atoms with Crippen LogP contribution in [0.4, 0.5) is 4.79 Å². The number of rotatable bonds is 6. The zero-order chi connectivity index (χ0) is 30.9. The molecule has 0 N–H and O–H groups in total. The molecule has 43 heavy (non-hydrogen) atoms. The number of fused-ring (bicyclic) bond motifs is 1. The topological polar surface area (TPSA) is 79.2 Å². The number of piperidine rings is 1. The lowest BCUT2D eigenvalue weighted by atomic mass is 9.75. The second kappa shape index (κ2) is 12.5. The molecule has 5 rings (SSSR count). The van der Waals surface area contributed by atoms with E-state index in [1.807, 2.05) is 64.1 Å². The Morgan fingerprint density at radius 3 is 2.37 bits per heavy atom. The van der Waals surface area contributed by atoms with Crippen molar-refractivity contribution in [3.8, 4) is 5.75 Å². The number of carbonyl (C=O) groups is 2. The second-order valence-corrected chi connectivity index (χ2v) is 13.7. The Balaban J connectivity index is 1.55. The summed E-state index contributed by atoms with van der Waals surface area (Å²) in [6.45, 7) is 10.7. The number of aromatic nitrogens is 1. The van der Waals surface area contributed by atoms with Crippen LogP contribution < -0.4 is 4.74 Å². The van der Waals surface area contributed by atoms with Gasteiger partial charge in [-0.3, -0.25) is 9.47 Å². The van der Waals surface area contributed by atoms with Crippen molar-refractivity contribution < 1.29 is 28.5 Å². The number of likely N-dealkylation sites (tertiary alicyclic amines) is 1. The highest BCUT2D eigenvalue weighted by atomic mass is 28.1. The fraction of sp³-hybridized carbons (Fsp3) is 0.529. The monoisotopic (exact) mass is 603 g/mol. The van der Waals surface area contributed by atoms with E-state index in [-0.39, 0.29) is 5.97 Å². The normalized spacial score (nSPS) is 22.0. The number of methoxy groups -OCH3 is 2. The molecular weight excluding hydrogens is 560 g/mol. The number of benzene rings is 2. The first-order valence-electron chi connectivity index (χ1n) is 15.1. The molecule has 3 heterocycles. The third kappa shape index (κ3) is 6.39. The summed E-state index contributed by atoms with van der Waals surface area (Å²) in [6, 6.07) is 11.7. The molecule has 2 aliphatic rings. The first kappa shape index (κ1) is 31.3. The molecule has 1 aromatic heterocycles. The Bertz CT molecular complexity index is 1470. The van der Waals surface area contributed by atoms with Gasteiger partial charge in [-0.15, -0.1) is 0 Å². The third-order valence-corrected chi connectivity index (χ3v) is 9.78. The average Bonchev–Trinajstić information content (AvgIpc) is 3.45. The van der Waals surface area contributed by atoms with Crippen molar-refractivity contribution in [2.45, 2.75) is 70.7 Å². The van der Waals surface area contributed by atoms with E-state index in [1.165, 1.54) is 7.11 Å². The van der Waals surface area contributed by atoms with E-state index in [9.17, 15) is 9.59 Å². The van der Waals surface area contributed by atoms with Gasteiger partial charge in [0, 0.05) is 42.1 Å². The smallest absolute Gasteiger partial charge is 0.419 e. The molecule has 2 saturated heterocycles. The summed E-state index contributed by atoms with van der Waals surface area (Å²) in [4.78, 5) is 27.8. The molecule has 229 valence electrons. The summed E-state index contributed by atoms with van der Waals surface area (Å²) < 4.78 is 23.9. The molecule has 2 aromatic carbocycles. The standard InChI is InChI=1S/C34H43N2O6Si/c1-22-19-29(39-5)28(27-12-16-36(30(22)27)32(38)42-33(2,3)4)21-35-15-11-25(23-13-17-41-18-14-23)20-34(35,43)26-9-7-24(8-10-26)31(37)40-6/h7-10,12,16,19,23,25H,11,13-15,17-18,20-21H2,1-6H3/t25-,34+/m1/s1. The zero-order valence-corrected chi connectivity index (χ0v) is 27.2. The Kier molecular flexibility index (Phi) is 9.06. The van der Waals surface area contributed by atoms with E-state index in [0.29, 0.717) is 23.9 Å². The highest BCUT2D eigenvalue weighted by Gasteiger charge is 2.43. The van der Waals surface area contributed by atoms with Gasteiger partial charge >= 0.3 is 12.1 Å². The van der Waals surface area contributed by atoms with E-state index in [4.69, 9.17) is 18.9 Å². The molecule has 2 atom stereocenters. The van der Waals surface area contributed by atoms with Crippen LogP contribution in [0, 0.1) is 18.8 Å². The molecule has 2 fully saturated rings. The van der Waals surface area contributed by atoms with Crippen LogP contribution in [0.5, 0.6) is 5.75 Å². The van der Waals surface area contributed by atoms with Crippen LogP contribution in [0.2, 0.25) is 0 Å². The van der Waals surface area contributed by atoms with E-state index in [1.54, 1.807) is 17.9 Å². The van der Waals surface area contributed by atoms with Crippen LogP contribution in [0.25, 0.3) is 10.9 Å². The van der Waals surface area contributed by atoms with Crippen LogP contribution >= 0.6 is 0 Å². The Labute approximate surface area is 258 Å². The Morgan fingerprint density at radius 2 is 1.74 bits per heavy atom. The van der Waals surface area contributed by atoms with Gasteiger partial charge in [-0.25, -0.2) is 9.59 Å². The van der Waals surface area contributed by atoms with Crippen molar-refractivity contribution in [2.75, 3.05) is 34.0 Å². The summed E-state index contributed by atoms with van der Waals surface area (Å²) in [5.41, 5.74) is 3.78. The fourth-order valence-electron chi connectivity index (χ4n) is 6.79. The minimum atomic E-state index is -0.607. The van der Waals surface area contributed by atoms with E-state index < -0.39 is 16.9 Å². The summed E-state index contributed by atoms with van der Waals surface area (Å²) in [6.07, 6.45) is 5.55.